The summed E-state index contributed by atoms with van der Waals surface area (Å²) in [6.45, 7) is 4.00. The van der Waals surface area contributed by atoms with Gasteiger partial charge >= 0.3 is 0 Å². The predicted octanol–water partition coefficient (Wildman–Crippen LogP) is 6.68. The molecular formula is C28H24N2O6. The number of carbonyl (C=O) groups excluding carboxylic acids is 2. The standard InChI is InChI=1S/2C13H9NO3.C2H6/c2*15-13(10-4-2-1-3-5-10)11-6-8-12(9-7-11)14(16)17;1-2/h2*1-9H;1-2H3. The van der Waals surface area contributed by atoms with Gasteiger partial charge in [0.25, 0.3) is 11.4 Å². The lowest BCUT2D eigenvalue weighted by Crippen LogP contribution is -2.00. The highest BCUT2D eigenvalue weighted by atomic mass is 16.6. The van der Waals surface area contributed by atoms with Crippen LogP contribution in [0.1, 0.15) is 45.7 Å². The highest BCUT2D eigenvalue weighted by molar-refractivity contribution is 6.09. The molecule has 0 aliphatic heterocycles. The van der Waals surface area contributed by atoms with Crippen LogP contribution in [0.4, 0.5) is 11.4 Å². The van der Waals surface area contributed by atoms with Crippen LogP contribution < -0.4 is 0 Å². The number of nitrogens with zero attached hydrogens (tertiary/aromatic N) is 2. The molecule has 0 radical (unpaired) electrons. The molecule has 0 saturated heterocycles. The number of nitro groups is 2. The predicted molar refractivity (Wildman–Crippen MR) is 137 cm³/mol. The first-order valence-electron chi connectivity index (χ1n) is 11.0. The van der Waals surface area contributed by atoms with Gasteiger partial charge in [-0.05, 0) is 24.3 Å². The van der Waals surface area contributed by atoms with Crippen molar-refractivity contribution in [1.82, 2.24) is 0 Å². The van der Waals surface area contributed by atoms with Gasteiger partial charge in [-0.15, -0.1) is 0 Å². The molecule has 0 amide bonds. The van der Waals surface area contributed by atoms with Crippen LogP contribution in [-0.2, 0) is 0 Å². The summed E-state index contributed by atoms with van der Waals surface area (Å²) in [6, 6.07) is 28.8. The van der Waals surface area contributed by atoms with Crippen LogP contribution in [0.25, 0.3) is 0 Å². The van der Waals surface area contributed by atoms with E-state index in [2.05, 4.69) is 0 Å². The van der Waals surface area contributed by atoms with Crippen molar-refractivity contribution in [2.24, 2.45) is 0 Å². The first-order chi connectivity index (χ1) is 17.4. The minimum Gasteiger partial charge on any atom is -0.289 e. The van der Waals surface area contributed by atoms with E-state index < -0.39 is 9.85 Å². The minimum absolute atomic E-state index is 0.0189. The molecule has 0 bridgehead atoms. The molecule has 4 aromatic carbocycles. The Bertz CT molecular complexity index is 1200. The third-order valence-corrected chi connectivity index (χ3v) is 4.75. The van der Waals surface area contributed by atoms with Gasteiger partial charge in [0.2, 0.25) is 0 Å². The van der Waals surface area contributed by atoms with Crippen molar-refractivity contribution >= 4 is 22.9 Å². The topological polar surface area (TPSA) is 120 Å². The zero-order valence-electron chi connectivity index (χ0n) is 19.7. The Kier molecular flexibility index (Phi) is 10.3. The number of rotatable bonds is 6. The van der Waals surface area contributed by atoms with E-state index in [4.69, 9.17) is 0 Å². The summed E-state index contributed by atoms with van der Waals surface area (Å²) in [4.78, 5) is 43.9. The number of non-ortho nitro benzene ring substituents is 2. The Morgan fingerprint density at radius 3 is 0.972 bits per heavy atom. The van der Waals surface area contributed by atoms with Crippen molar-refractivity contribution in [2.45, 2.75) is 13.8 Å². The van der Waals surface area contributed by atoms with Crippen molar-refractivity contribution in [3.8, 4) is 0 Å². The third kappa shape index (κ3) is 7.53. The molecule has 0 heterocycles. The van der Waals surface area contributed by atoms with Gasteiger partial charge in [0.1, 0.15) is 0 Å². The average Bonchev–Trinajstić information content (AvgIpc) is 2.94. The number of hydrogen-bond donors (Lipinski definition) is 0. The lowest BCUT2D eigenvalue weighted by molar-refractivity contribution is -0.385. The number of hydrogen-bond acceptors (Lipinski definition) is 6. The number of carbonyl (C=O) groups is 2. The van der Waals surface area contributed by atoms with E-state index in [1.165, 1.54) is 48.5 Å². The first-order valence-corrected chi connectivity index (χ1v) is 11.0. The van der Waals surface area contributed by atoms with Gasteiger partial charge in [0, 0.05) is 46.5 Å². The fourth-order valence-electron chi connectivity index (χ4n) is 2.98. The second-order valence-corrected chi connectivity index (χ2v) is 7.00. The highest BCUT2D eigenvalue weighted by Gasteiger charge is 2.12. The van der Waals surface area contributed by atoms with Gasteiger partial charge in [-0.3, -0.25) is 29.8 Å². The van der Waals surface area contributed by atoms with E-state index in [1.54, 1.807) is 48.5 Å². The Balaban J connectivity index is 0.000000237. The number of ketones is 2. The summed E-state index contributed by atoms with van der Waals surface area (Å²) in [7, 11) is 0. The van der Waals surface area contributed by atoms with E-state index >= 15 is 0 Å². The molecule has 0 saturated carbocycles. The fourth-order valence-corrected chi connectivity index (χ4v) is 2.98. The summed E-state index contributed by atoms with van der Waals surface area (Å²) < 4.78 is 0. The van der Waals surface area contributed by atoms with Crippen LogP contribution in [-0.4, -0.2) is 21.4 Å². The quantitative estimate of drug-likeness (QED) is 0.171. The maximum Gasteiger partial charge on any atom is 0.269 e. The van der Waals surface area contributed by atoms with Crippen LogP contribution >= 0.6 is 0 Å². The van der Waals surface area contributed by atoms with Crippen molar-refractivity contribution in [3.63, 3.8) is 0 Å². The molecule has 0 aliphatic carbocycles. The van der Waals surface area contributed by atoms with Crippen LogP contribution in [0.2, 0.25) is 0 Å². The molecule has 36 heavy (non-hydrogen) atoms. The van der Waals surface area contributed by atoms with Crippen LogP contribution in [0.5, 0.6) is 0 Å². The molecule has 0 N–H and O–H groups in total. The van der Waals surface area contributed by atoms with Gasteiger partial charge in [0.05, 0.1) is 9.85 Å². The second-order valence-electron chi connectivity index (χ2n) is 7.00. The Hall–Kier alpha value is -4.98. The SMILES string of the molecule is CC.O=C(c1ccccc1)c1ccc([N+](=O)[O-])cc1.O=C(c1ccccc1)c1ccc([N+](=O)[O-])cc1. The molecule has 0 aliphatic rings. The lowest BCUT2D eigenvalue weighted by Gasteiger charge is -2.00. The van der Waals surface area contributed by atoms with Gasteiger partial charge in [0.15, 0.2) is 11.6 Å². The zero-order chi connectivity index (χ0) is 26.5. The molecule has 0 unspecified atom stereocenters. The fraction of sp³-hybridized carbons (Fsp3) is 0.0714. The summed E-state index contributed by atoms with van der Waals surface area (Å²) in [5.74, 6) is -0.277. The summed E-state index contributed by atoms with van der Waals surface area (Å²) in [6.07, 6.45) is 0. The van der Waals surface area contributed by atoms with Gasteiger partial charge in [-0.2, -0.15) is 0 Å². The maximum atomic E-state index is 12.0. The van der Waals surface area contributed by atoms with Crippen LogP contribution in [0.15, 0.2) is 109 Å². The largest absolute Gasteiger partial charge is 0.289 e. The Morgan fingerprint density at radius 1 is 0.472 bits per heavy atom. The summed E-state index contributed by atoms with van der Waals surface area (Å²) in [5.41, 5.74) is 2.00. The molecule has 0 aromatic heterocycles. The Morgan fingerprint density at radius 2 is 0.722 bits per heavy atom. The molecule has 8 heteroatoms. The van der Waals surface area contributed by atoms with Crippen molar-refractivity contribution in [1.29, 1.82) is 0 Å². The molecule has 4 rings (SSSR count). The summed E-state index contributed by atoms with van der Waals surface area (Å²) in [5, 5.41) is 20.9. The van der Waals surface area contributed by atoms with Gasteiger partial charge in [-0.25, -0.2) is 0 Å². The molecule has 182 valence electrons. The van der Waals surface area contributed by atoms with E-state index in [-0.39, 0.29) is 22.9 Å². The van der Waals surface area contributed by atoms with E-state index in [9.17, 15) is 29.8 Å². The first kappa shape index (κ1) is 27.3. The molecule has 8 nitrogen and oxygen atoms in total. The van der Waals surface area contributed by atoms with Crippen LogP contribution in [0, 0.1) is 20.2 Å². The van der Waals surface area contributed by atoms with Crippen molar-refractivity contribution < 1.29 is 19.4 Å². The second kappa shape index (κ2) is 13.7. The highest BCUT2D eigenvalue weighted by Crippen LogP contribution is 2.16. The van der Waals surface area contributed by atoms with E-state index in [0.717, 1.165) is 0 Å². The molecule has 0 atom stereocenters. The summed E-state index contributed by atoms with van der Waals surface area (Å²) >= 11 is 0. The monoisotopic (exact) mass is 484 g/mol. The lowest BCUT2D eigenvalue weighted by atomic mass is 10.0. The normalized spacial score (nSPS) is 9.50. The molecule has 4 aromatic rings. The van der Waals surface area contributed by atoms with E-state index in [0.29, 0.717) is 22.3 Å². The van der Waals surface area contributed by atoms with Gasteiger partial charge < -0.3 is 0 Å². The smallest absolute Gasteiger partial charge is 0.269 e. The van der Waals surface area contributed by atoms with Gasteiger partial charge in [-0.1, -0.05) is 74.5 Å². The van der Waals surface area contributed by atoms with Crippen molar-refractivity contribution in [2.75, 3.05) is 0 Å². The molecule has 0 fully saturated rings. The number of nitro benzene ring substituents is 2. The molecular weight excluding hydrogens is 460 g/mol. The number of benzene rings is 4. The zero-order valence-corrected chi connectivity index (χ0v) is 19.7. The maximum absolute atomic E-state index is 12.0. The van der Waals surface area contributed by atoms with E-state index in [1.807, 2.05) is 26.0 Å². The van der Waals surface area contributed by atoms with Crippen LogP contribution in [0.3, 0.4) is 0 Å². The third-order valence-electron chi connectivity index (χ3n) is 4.75. The average molecular weight is 485 g/mol. The van der Waals surface area contributed by atoms with Crippen molar-refractivity contribution in [3.05, 3.63) is 152 Å². The minimum atomic E-state index is -0.489. The Labute approximate surface area is 208 Å². The molecule has 0 spiro atoms.